The van der Waals surface area contributed by atoms with Crippen LogP contribution in [0.25, 0.3) is 0 Å². The van der Waals surface area contributed by atoms with E-state index < -0.39 is 23.4 Å². The van der Waals surface area contributed by atoms with Crippen LogP contribution in [-0.2, 0) is 36.9 Å². The van der Waals surface area contributed by atoms with Crippen molar-refractivity contribution in [3.63, 3.8) is 0 Å². The van der Waals surface area contributed by atoms with Crippen molar-refractivity contribution in [3.8, 4) is 0 Å². The highest BCUT2D eigenvalue weighted by molar-refractivity contribution is 6.35. The Morgan fingerprint density at radius 1 is 1.15 bits per heavy atom. The lowest BCUT2D eigenvalue weighted by Crippen LogP contribution is -2.61. The minimum atomic E-state index is -1.22. The van der Waals surface area contributed by atoms with Gasteiger partial charge in [0.1, 0.15) is 5.41 Å². The number of methoxy groups -OCH3 is 1. The molecule has 0 aromatic heterocycles. The molecular formula is C32H36Cl2N2O5. The first-order valence-corrected chi connectivity index (χ1v) is 14.9. The molecule has 1 aliphatic carbocycles. The Kier molecular flexibility index (Phi) is 8.78. The second kappa shape index (κ2) is 12.2. The molecule has 0 bridgehead atoms. The summed E-state index contributed by atoms with van der Waals surface area (Å²) < 4.78 is 12.1. The number of piperidine rings is 1. The predicted molar refractivity (Wildman–Crippen MR) is 157 cm³/mol. The SMILES string of the molecule is COC(=O)[C@]12C[C@H](CC(=O)NCc3ccccc3)C(=O)N(Cc3ccc(Cl)cc3Cl)C1=C[C@H](C(C)C)O[C@@H]2C1CC1. The Bertz CT molecular complexity index is 1340. The zero-order valence-corrected chi connectivity index (χ0v) is 25.1. The highest BCUT2D eigenvalue weighted by Crippen LogP contribution is 2.56. The van der Waals surface area contributed by atoms with Crippen molar-refractivity contribution in [1.29, 1.82) is 0 Å². The lowest BCUT2D eigenvalue weighted by atomic mass is 9.64. The molecule has 0 unspecified atom stereocenters. The molecule has 0 spiro atoms. The van der Waals surface area contributed by atoms with Crippen LogP contribution in [0, 0.1) is 23.2 Å². The molecule has 1 saturated heterocycles. The number of rotatable bonds is 9. The van der Waals surface area contributed by atoms with Gasteiger partial charge in [0.2, 0.25) is 11.8 Å². The molecule has 0 radical (unpaired) electrons. The fourth-order valence-corrected chi connectivity index (χ4v) is 6.59. The molecule has 1 N–H and O–H groups in total. The van der Waals surface area contributed by atoms with Crippen molar-refractivity contribution < 1.29 is 23.9 Å². The molecule has 218 valence electrons. The number of amides is 2. The molecule has 2 aliphatic heterocycles. The van der Waals surface area contributed by atoms with E-state index >= 15 is 0 Å². The Hall–Kier alpha value is -2.87. The van der Waals surface area contributed by atoms with Crippen LogP contribution in [0.2, 0.25) is 10.0 Å². The van der Waals surface area contributed by atoms with Crippen LogP contribution in [0.4, 0.5) is 0 Å². The van der Waals surface area contributed by atoms with E-state index in [1.54, 1.807) is 23.1 Å². The van der Waals surface area contributed by atoms with Gasteiger partial charge in [-0.25, -0.2) is 0 Å². The van der Waals surface area contributed by atoms with Gasteiger partial charge in [-0.15, -0.1) is 0 Å². The summed E-state index contributed by atoms with van der Waals surface area (Å²) in [5.74, 6) is -1.40. The van der Waals surface area contributed by atoms with Gasteiger partial charge in [-0.1, -0.05) is 73.4 Å². The number of benzene rings is 2. The van der Waals surface area contributed by atoms with Gasteiger partial charge in [-0.2, -0.15) is 0 Å². The molecule has 5 rings (SSSR count). The van der Waals surface area contributed by atoms with E-state index in [2.05, 4.69) is 19.2 Å². The first kappa shape index (κ1) is 29.6. The van der Waals surface area contributed by atoms with Crippen molar-refractivity contribution >= 4 is 41.0 Å². The number of hydrogen-bond acceptors (Lipinski definition) is 5. The molecular weight excluding hydrogens is 563 g/mol. The lowest BCUT2D eigenvalue weighted by Gasteiger charge is -2.53. The minimum Gasteiger partial charge on any atom is -0.468 e. The van der Waals surface area contributed by atoms with Crippen LogP contribution in [0.15, 0.2) is 60.3 Å². The molecule has 2 aromatic rings. The smallest absolute Gasteiger partial charge is 0.320 e. The molecule has 4 atom stereocenters. The highest BCUT2D eigenvalue weighted by atomic mass is 35.5. The molecule has 41 heavy (non-hydrogen) atoms. The summed E-state index contributed by atoms with van der Waals surface area (Å²) in [6.07, 6.45) is 3.10. The summed E-state index contributed by atoms with van der Waals surface area (Å²) in [6.45, 7) is 4.59. The van der Waals surface area contributed by atoms with Gasteiger partial charge in [0.15, 0.2) is 0 Å². The van der Waals surface area contributed by atoms with E-state index in [-0.39, 0.29) is 49.1 Å². The summed E-state index contributed by atoms with van der Waals surface area (Å²) in [4.78, 5) is 42.9. The van der Waals surface area contributed by atoms with Crippen LogP contribution in [0.5, 0.6) is 0 Å². The summed E-state index contributed by atoms with van der Waals surface area (Å²) >= 11 is 12.7. The summed E-state index contributed by atoms with van der Waals surface area (Å²) in [6, 6.07) is 14.7. The number of carbonyl (C=O) groups excluding carboxylic acids is 3. The first-order valence-electron chi connectivity index (χ1n) is 14.2. The van der Waals surface area contributed by atoms with Crippen LogP contribution in [-0.4, -0.2) is 42.0 Å². The van der Waals surface area contributed by atoms with Gasteiger partial charge in [0, 0.05) is 34.6 Å². The number of esters is 1. The number of halogens is 2. The molecule has 2 heterocycles. The summed E-state index contributed by atoms with van der Waals surface area (Å²) in [5.41, 5.74) is 1.01. The van der Waals surface area contributed by atoms with E-state index in [9.17, 15) is 14.4 Å². The quantitative estimate of drug-likeness (QED) is 0.362. The van der Waals surface area contributed by atoms with Crippen LogP contribution in [0.1, 0.15) is 50.7 Å². The topological polar surface area (TPSA) is 84.9 Å². The minimum absolute atomic E-state index is 0.0620. The van der Waals surface area contributed by atoms with Gasteiger partial charge in [0.05, 0.1) is 25.9 Å². The fourth-order valence-electron chi connectivity index (χ4n) is 6.12. The zero-order valence-electron chi connectivity index (χ0n) is 23.6. The maximum Gasteiger partial charge on any atom is 0.320 e. The molecule has 2 fully saturated rings. The molecule has 2 aromatic carbocycles. The van der Waals surface area contributed by atoms with Crippen molar-refractivity contribution in [3.05, 3.63) is 81.5 Å². The highest BCUT2D eigenvalue weighted by Gasteiger charge is 2.63. The second-order valence-corrected chi connectivity index (χ2v) is 12.5. The number of fused-ring (bicyclic) bond motifs is 1. The average molecular weight is 600 g/mol. The van der Waals surface area contributed by atoms with E-state index in [4.69, 9.17) is 32.7 Å². The Labute approximate surface area is 251 Å². The number of carbonyl (C=O) groups is 3. The molecule has 7 nitrogen and oxygen atoms in total. The Morgan fingerprint density at radius 3 is 2.51 bits per heavy atom. The maximum absolute atomic E-state index is 14.2. The Morgan fingerprint density at radius 2 is 1.88 bits per heavy atom. The van der Waals surface area contributed by atoms with Gasteiger partial charge >= 0.3 is 5.97 Å². The van der Waals surface area contributed by atoms with E-state index in [0.717, 1.165) is 18.4 Å². The van der Waals surface area contributed by atoms with E-state index in [1.807, 2.05) is 36.4 Å². The van der Waals surface area contributed by atoms with Gasteiger partial charge in [-0.3, -0.25) is 14.4 Å². The van der Waals surface area contributed by atoms with Gasteiger partial charge in [-0.05, 0) is 60.4 Å². The third kappa shape index (κ3) is 6.04. The average Bonchev–Trinajstić information content (AvgIpc) is 3.80. The zero-order chi connectivity index (χ0) is 29.3. The summed E-state index contributed by atoms with van der Waals surface area (Å²) in [5, 5.41) is 3.84. The standard InChI is InChI=1S/C32H36Cl2N2O5/c1-19(2)26-15-27-32(31(39)40-3,29(41-26)21-9-10-21)16-23(13-28(37)35-17-20-7-5-4-6-8-20)30(38)36(27)18-22-11-12-24(33)14-25(22)34/h4-8,11-12,14-15,19,21,23,26,29H,9-10,13,16-18H2,1-3H3,(H,35,37)/t23-,26+,29+,32+/m0/s1. The van der Waals surface area contributed by atoms with Gasteiger partial charge < -0.3 is 19.7 Å². The Balaban J connectivity index is 1.54. The molecule has 3 aliphatic rings. The molecule has 1 saturated carbocycles. The number of nitrogens with zero attached hydrogens (tertiary/aromatic N) is 1. The fraction of sp³-hybridized carbons (Fsp3) is 0.469. The molecule has 2 amide bonds. The maximum atomic E-state index is 14.2. The van der Waals surface area contributed by atoms with E-state index in [0.29, 0.717) is 27.9 Å². The third-order valence-electron chi connectivity index (χ3n) is 8.41. The lowest BCUT2D eigenvalue weighted by molar-refractivity contribution is -0.182. The third-order valence-corrected chi connectivity index (χ3v) is 8.99. The summed E-state index contributed by atoms with van der Waals surface area (Å²) in [7, 11) is 1.37. The second-order valence-electron chi connectivity index (χ2n) is 11.6. The monoisotopic (exact) mass is 598 g/mol. The number of likely N-dealkylation sites (tertiary alicyclic amines) is 1. The number of nitrogens with one attached hydrogen (secondary N) is 1. The van der Waals surface area contributed by atoms with Crippen molar-refractivity contribution in [2.45, 2.75) is 64.8 Å². The van der Waals surface area contributed by atoms with Crippen molar-refractivity contribution in [1.82, 2.24) is 10.2 Å². The first-order chi connectivity index (χ1) is 19.6. The largest absolute Gasteiger partial charge is 0.468 e. The van der Waals surface area contributed by atoms with Crippen LogP contribution >= 0.6 is 23.2 Å². The van der Waals surface area contributed by atoms with E-state index in [1.165, 1.54) is 7.11 Å². The number of hydrogen-bond donors (Lipinski definition) is 1. The predicted octanol–water partition coefficient (Wildman–Crippen LogP) is 5.93. The normalized spacial score (nSPS) is 25.9. The van der Waals surface area contributed by atoms with Crippen molar-refractivity contribution in [2.75, 3.05) is 7.11 Å². The van der Waals surface area contributed by atoms with Crippen LogP contribution < -0.4 is 5.32 Å². The van der Waals surface area contributed by atoms with Gasteiger partial charge in [0.25, 0.3) is 0 Å². The van der Waals surface area contributed by atoms with Crippen LogP contribution in [0.3, 0.4) is 0 Å². The molecule has 9 heteroatoms. The number of ether oxygens (including phenoxy) is 2. The van der Waals surface area contributed by atoms with Crippen molar-refractivity contribution in [2.24, 2.45) is 23.2 Å².